The van der Waals surface area contributed by atoms with Gasteiger partial charge in [0.15, 0.2) is 0 Å². The van der Waals surface area contributed by atoms with Gasteiger partial charge in [-0.15, -0.1) is 0 Å². The van der Waals surface area contributed by atoms with Gasteiger partial charge in [0.25, 0.3) is 0 Å². The van der Waals surface area contributed by atoms with Crippen LogP contribution in [0.1, 0.15) is 17.9 Å². The van der Waals surface area contributed by atoms with Crippen molar-refractivity contribution in [2.24, 2.45) is 0 Å². The summed E-state index contributed by atoms with van der Waals surface area (Å²) in [6, 6.07) is 11.7. The molecule has 1 amide bonds. The second-order valence-corrected chi connectivity index (χ2v) is 6.47. The second-order valence-electron chi connectivity index (χ2n) is 6.04. The fourth-order valence-corrected chi connectivity index (χ4v) is 3.76. The van der Waals surface area contributed by atoms with Crippen molar-refractivity contribution in [3.05, 3.63) is 52.9 Å². The van der Waals surface area contributed by atoms with Crippen molar-refractivity contribution < 1.29 is 9.21 Å². The summed E-state index contributed by atoms with van der Waals surface area (Å²) in [6.45, 7) is 3.51. The van der Waals surface area contributed by atoms with Gasteiger partial charge < -0.3 is 9.32 Å². The minimum absolute atomic E-state index is 0.0469. The van der Waals surface area contributed by atoms with E-state index in [1.165, 1.54) is 0 Å². The zero-order valence-corrected chi connectivity index (χ0v) is 13.1. The topological polar surface area (TPSA) is 36.7 Å². The van der Waals surface area contributed by atoms with E-state index in [1.807, 2.05) is 48.2 Å². The fraction of sp³-hybridized carbons (Fsp3) is 0.353. The van der Waals surface area contributed by atoms with Crippen LogP contribution in [-0.2, 0) is 11.3 Å². The average Bonchev–Trinajstić information content (AvgIpc) is 3.14. The number of carbonyl (C=O) groups excluding carboxylic acids is 1. The number of piperazine rings is 1. The molecule has 0 saturated carbocycles. The molecule has 2 aromatic rings. The van der Waals surface area contributed by atoms with Crippen LogP contribution >= 0.6 is 11.6 Å². The number of fused-ring (bicyclic) bond motifs is 2. The van der Waals surface area contributed by atoms with Gasteiger partial charge in [-0.25, -0.2) is 0 Å². The number of hydrogen-bond acceptors (Lipinski definition) is 3. The van der Waals surface area contributed by atoms with Gasteiger partial charge in [-0.05, 0) is 43.7 Å². The van der Waals surface area contributed by atoms with Gasteiger partial charge in [0.2, 0.25) is 5.91 Å². The highest BCUT2D eigenvalue weighted by molar-refractivity contribution is 6.31. The highest BCUT2D eigenvalue weighted by Crippen LogP contribution is 2.37. The van der Waals surface area contributed by atoms with Crippen LogP contribution in [0.3, 0.4) is 0 Å². The van der Waals surface area contributed by atoms with E-state index in [4.69, 9.17) is 16.0 Å². The molecule has 0 N–H and O–H groups in total. The Labute approximate surface area is 134 Å². The molecule has 1 aromatic heterocycles. The summed E-state index contributed by atoms with van der Waals surface area (Å²) in [5.41, 5.74) is 0.901. The van der Waals surface area contributed by atoms with Crippen LogP contribution in [-0.4, -0.2) is 29.4 Å². The first kappa shape index (κ1) is 13.9. The lowest BCUT2D eigenvalue weighted by Crippen LogP contribution is -2.50. The molecule has 0 radical (unpaired) electrons. The molecule has 2 fully saturated rings. The fourth-order valence-electron chi connectivity index (χ4n) is 3.57. The third-order valence-corrected chi connectivity index (χ3v) is 4.75. The maximum atomic E-state index is 12.7. The van der Waals surface area contributed by atoms with Crippen LogP contribution in [0.5, 0.6) is 0 Å². The van der Waals surface area contributed by atoms with Gasteiger partial charge in [-0.2, -0.15) is 0 Å². The van der Waals surface area contributed by atoms with Gasteiger partial charge in [0.05, 0.1) is 18.6 Å². The number of benzene rings is 1. The highest BCUT2D eigenvalue weighted by atomic mass is 35.5. The number of likely N-dealkylation sites (tertiary alicyclic amines) is 1. The Kier molecular flexibility index (Phi) is 3.24. The molecule has 2 bridgehead atoms. The maximum Gasteiger partial charge on any atom is 0.244 e. The predicted molar refractivity (Wildman–Crippen MR) is 85.0 cm³/mol. The summed E-state index contributed by atoms with van der Waals surface area (Å²) in [4.78, 5) is 16.8. The van der Waals surface area contributed by atoms with Gasteiger partial charge in [-0.3, -0.25) is 9.69 Å². The number of halogens is 1. The van der Waals surface area contributed by atoms with Crippen LogP contribution in [0.2, 0.25) is 5.02 Å². The minimum atomic E-state index is -0.0469. The lowest BCUT2D eigenvalue weighted by atomic mass is 10.2. The van der Waals surface area contributed by atoms with Crippen molar-refractivity contribution in [3.8, 4) is 0 Å². The monoisotopic (exact) mass is 316 g/mol. The Morgan fingerprint density at radius 3 is 2.86 bits per heavy atom. The Hall–Kier alpha value is -1.78. The van der Waals surface area contributed by atoms with Crippen molar-refractivity contribution in [3.63, 3.8) is 0 Å². The smallest absolute Gasteiger partial charge is 0.244 e. The zero-order valence-electron chi connectivity index (χ0n) is 12.3. The van der Waals surface area contributed by atoms with Crippen molar-refractivity contribution in [1.29, 1.82) is 0 Å². The number of aryl methyl sites for hydroxylation is 1. The SMILES string of the molecule is Cc1ccc(CN2C[C@@H]3C[C@H]2C(=O)N3c2cccc(Cl)c2)o1. The second kappa shape index (κ2) is 5.14. The molecule has 22 heavy (non-hydrogen) atoms. The number of rotatable bonds is 3. The number of anilines is 1. The van der Waals surface area contributed by atoms with Crippen molar-refractivity contribution in [2.45, 2.75) is 32.0 Å². The van der Waals surface area contributed by atoms with E-state index in [0.717, 1.165) is 30.2 Å². The van der Waals surface area contributed by atoms with Gasteiger partial charge in [0, 0.05) is 17.3 Å². The first-order valence-electron chi connectivity index (χ1n) is 7.50. The maximum absolute atomic E-state index is 12.7. The summed E-state index contributed by atoms with van der Waals surface area (Å²) in [5, 5.41) is 0.663. The molecule has 0 spiro atoms. The van der Waals surface area contributed by atoms with E-state index in [1.54, 1.807) is 0 Å². The molecule has 2 aliphatic heterocycles. The Morgan fingerprint density at radius 2 is 2.18 bits per heavy atom. The van der Waals surface area contributed by atoms with Crippen molar-refractivity contribution in [2.75, 3.05) is 11.4 Å². The lowest BCUT2D eigenvalue weighted by molar-refractivity contribution is -0.122. The lowest BCUT2D eigenvalue weighted by Gasteiger charge is -2.33. The van der Waals surface area contributed by atoms with Gasteiger partial charge >= 0.3 is 0 Å². The van der Waals surface area contributed by atoms with E-state index < -0.39 is 0 Å². The molecule has 4 nitrogen and oxygen atoms in total. The summed E-state index contributed by atoms with van der Waals surface area (Å²) in [5.74, 6) is 2.00. The van der Waals surface area contributed by atoms with E-state index >= 15 is 0 Å². The number of hydrogen-bond donors (Lipinski definition) is 0. The van der Waals surface area contributed by atoms with Crippen molar-refractivity contribution in [1.82, 2.24) is 4.90 Å². The molecular weight excluding hydrogens is 300 g/mol. The number of carbonyl (C=O) groups is 1. The third kappa shape index (κ3) is 2.23. The molecule has 2 aliphatic rings. The summed E-state index contributed by atoms with van der Waals surface area (Å²) in [7, 11) is 0. The summed E-state index contributed by atoms with van der Waals surface area (Å²) in [6.07, 6.45) is 0.880. The van der Waals surface area contributed by atoms with E-state index in [-0.39, 0.29) is 18.0 Å². The first-order chi connectivity index (χ1) is 10.6. The molecule has 3 heterocycles. The van der Waals surface area contributed by atoms with E-state index in [2.05, 4.69) is 4.90 Å². The van der Waals surface area contributed by atoms with E-state index in [9.17, 15) is 4.79 Å². The Bertz CT molecular complexity index is 727. The molecule has 114 valence electrons. The Balaban J connectivity index is 1.53. The van der Waals surface area contributed by atoms with Gasteiger partial charge in [0.1, 0.15) is 11.5 Å². The molecule has 2 atom stereocenters. The largest absolute Gasteiger partial charge is 0.465 e. The van der Waals surface area contributed by atoms with Gasteiger partial charge in [-0.1, -0.05) is 17.7 Å². The number of nitrogens with zero attached hydrogens (tertiary/aromatic N) is 2. The third-order valence-electron chi connectivity index (χ3n) is 4.51. The molecule has 5 heteroatoms. The molecular formula is C17H17ClN2O2. The normalized spacial score (nSPS) is 24.5. The molecule has 2 saturated heterocycles. The first-order valence-corrected chi connectivity index (χ1v) is 7.87. The zero-order chi connectivity index (χ0) is 15.3. The average molecular weight is 317 g/mol. The number of furan rings is 1. The minimum Gasteiger partial charge on any atom is -0.465 e. The van der Waals surface area contributed by atoms with Crippen LogP contribution in [0.4, 0.5) is 5.69 Å². The van der Waals surface area contributed by atoms with E-state index in [0.29, 0.717) is 11.6 Å². The standard InChI is InChI=1S/C17H17ClN2O2/c1-11-5-6-15(22-11)10-19-9-14-8-16(19)17(21)20(14)13-4-2-3-12(18)7-13/h2-7,14,16H,8-10H2,1H3/t14-,16-/m0/s1. The summed E-state index contributed by atoms with van der Waals surface area (Å²) < 4.78 is 5.63. The van der Waals surface area contributed by atoms with Crippen LogP contribution < -0.4 is 4.90 Å². The molecule has 4 rings (SSSR count). The quantitative estimate of drug-likeness (QED) is 0.872. The summed E-state index contributed by atoms with van der Waals surface area (Å²) >= 11 is 6.05. The molecule has 1 aromatic carbocycles. The van der Waals surface area contributed by atoms with Crippen LogP contribution in [0.25, 0.3) is 0 Å². The van der Waals surface area contributed by atoms with Crippen molar-refractivity contribution >= 4 is 23.2 Å². The molecule has 0 aliphatic carbocycles. The van der Waals surface area contributed by atoms with Crippen LogP contribution in [0, 0.1) is 6.92 Å². The number of amides is 1. The predicted octanol–water partition coefficient (Wildman–Crippen LogP) is 3.23. The Morgan fingerprint density at radius 1 is 1.32 bits per heavy atom. The highest BCUT2D eigenvalue weighted by Gasteiger charge is 2.50. The van der Waals surface area contributed by atoms with Crippen LogP contribution in [0.15, 0.2) is 40.8 Å². The molecule has 0 unspecified atom stereocenters.